The van der Waals surface area contributed by atoms with Gasteiger partial charge < -0.3 is 0 Å². The zero-order valence-corrected chi connectivity index (χ0v) is 10.4. The van der Waals surface area contributed by atoms with Gasteiger partial charge in [0.1, 0.15) is 0 Å². The maximum atomic E-state index is 2.47. The van der Waals surface area contributed by atoms with Crippen molar-refractivity contribution in [3.8, 4) is 0 Å². The highest BCUT2D eigenvalue weighted by atomic mass is 14.6. The molecule has 0 spiro atoms. The molecule has 0 aromatic carbocycles. The van der Waals surface area contributed by atoms with Gasteiger partial charge in [-0.05, 0) is 54.9 Å². The summed E-state index contributed by atoms with van der Waals surface area (Å²) in [6.45, 7) is 9.69. The molecule has 3 aliphatic rings. The van der Waals surface area contributed by atoms with Crippen LogP contribution in [0.15, 0.2) is 22.8 Å². The molecule has 0 aromatic rings. The van der Waals surface area contributed by atoms with E-state index < -0.39 is 0 Å². The Morgan fingerprint density at radius 3 is 2.73 bits per heavy atom. The van der Waals surface area contributed by atoms with Crippen molar-refractivity contribution in [3.05, 3.63) is 22.8 Å². The average Bonchev–Trinajstić information content (AvgIpc) is 2.55. The number of fused-ring (bicyclic) bond motifs is 2. The van der Waals surface area contributed by atoms with Gasteiger partial charge in [0.2, 0.25) is 0 Å². The third kappa shape index (κ3) is 1.14. The predicted molar refractivity (Wildman–Crippen MR) is 64.6 cm³/mol. The number of rotatable bonds is 0. The molecule has 0 heteroatoms. The van der Waals surface area contributed by atoms with Crippen LogP contribution in [-0.4, -0.2) is 0 Å². The van der Waals surface area contributed by atoms with Crippen LogP contribution in [0.4, 0.5) is 0 Å². The standard InChI is InChI=1S/C15H22/c1-9-6-8-12-14(15(12,3)4)13-10(2)5-7-11(9)13/h5,9,12,14H,6-8H2,1-4H3. The fourth-order valence-electron chi connectivity index (χ4n) is 4.11. The van der Waals surface area contributed by atoms with Gasteiger partial charge in [-0.3, -0.25) is 0 Å². The molecule has 3 atom stereocenters. The van der Waals surface area contributed by atoms with Crippen molar-refractivity contribution in [2.75, 3.05) is 0 Å². The smallest absolute Gasteiger partial charge is 0.00718 e. The summed E-state index contributed by atoms with van der Waals surface area (Å²) in [6.07, 6.45) is 6.59. The van der Waals surface area contributed by atoms with E-state index in [0.717, 1.165) is 17.8 Å². The van der Waals surface area contributed by atoms with Crippen LogP contribution >= 0.6 is 0 Å². The molecule has 0 amide bonds. The summed E-state index contributed by atoms with van der Waals surface area (Å²) in [6, 6.07) is 0. The molecule has 0 N–H and O–H groups in total. The highest BCUT2D eigenvalue weighted by molar-refractivity contribution is 5.49. The summed E-state index contributed by atoms with van der Waals surface area (Å²) in [5.41, 5.74) is 5.75. The van der Waals surface area contributed by atoms with Crippen LogP contribution in [0.25, 0.3) is 0 Å². The molecule has 0 heterocycles. The molecule has 0 nitrogen and oxygen atoms in total. The molecule has 3 rings (SSSR count). The van der Waals surface area contributed by atoms with Crippen molar-refractivity contribution in [1.82, 2.24) is 0 Å². The van der Waals surface area contributed by atoms with Gasteiger partial charge in [-0.1, -0.05) is 38.0 Å². The summed E-state index contributed by atoms with van der Waals surface area (Å²) >= 11 is 0. The van der Waals surface area contributed by atoms with Crippen molar-refractivity contribution >= 4 is 0 Å². The first kappa shape index (κ1) is 9.69. The molecular weight excluding hydrogens is 180 g/mol. The van der Waals surface area contributed by atoms with Crippen molar-refractivity contribution in [2.24, 2.45) is 23.2 Å². The fourth-order valence-corrected chi connectivity index (χ4v) is 4.11. The monoisotopic (exact) mass is 202 g/mol. The Bertz CT molecular complexity index is 367. The topological polar surface area (TPSA) is 0 Å². The van der Waals surface area contributed by atoms with Gasteiger partial charge in [-0.25, -0.2) is 0 Å². The van der Waals surface area contributed by atoms with E-state index in [9.17, 15) is 0 Å². The summed E-state index contributed by atoms with van der Waals surface area (Å²) in [5, 5.41) is 0. The minimum absolute atomic E-state index is 0.597. The second kappa shape index (κ2) is 2.78. The van der Waals surface area contributed by atoms with Gasteiger partial charge in [0.25, 0.3) is 0 Å². The molecule has 0 saturated heterocycles. The summed E-state index contributed by atoms with van der Waals surface area (Å²) in [4.78, 5) is 0. The molecule has 0 bridgehead atoms. The lowest BCUT2D eigenvalue weighted by atomic mass is 9.88. The zero-order chi connectivity index (χ0) is 10.8. The molecule has 1 saturated carbocycles. The quantitative estimate of drug-likeness (QED) is 0.548. The summed E-state index contributed by atoms with van der Waals surface area (Å²) in [7, 11) is 0. The van der Waals surface area contributed by atoms with Crippen molar-refractivity contribution in [2.45, 2.75) is 47.0 Å². The molecule has 3 unspecified atom stereocenters. The summed E-state index contributed by atoms with van der Waals surface area (Å²) < 4.78 is 0. The maximum absolute atomic E-state index is 2.47. The van der Waals surface area contributed by atoms with E-state index in [1.807, 2.05) is 0 Å². The largest absolute Gasteiger partial charge is 0.0772 e. The van der Waals surface area contributed by atoms with Gasteiger partial charge in [0, 0.05) is 0 Å². The van der Waals surface area contributed by atoms with Gasteiger partial charge in [0.05, 0.1) is 0 Å². The molecular formula is C15H22. The van der Waals surface area contributed by atoms with Crippen molar-refractivity contribution in [3.63, 3.8) is 0 Å². The molecule has 0 radical (unpaired) electrons. The van der Waals surface area contributed by atoms with Gasteiger partial charge in [0.15, 0.2) is 0 Å². The van der Waals surface area contributed by atoms with E-state index in [2.05, 4.69) is 33.8 Å². The first-order valence-electron chi connectivity index (χ1n) is 6.43. The number of allylic oxidation sites excluding steroid dienone is 4. The molecule has 3 aliphatic carbocycles. The zero-order valence-electron chi connectivity index (χ0n) is 10.4. The van der Waals surface area contributed by atoms with Crippen LogP contribution in [0.3, 0.4) is 0 Å². The van der Waals surface area contributed by atoms with E-state index in [1.54, 1.807) is 16.7 Å². The van der Waals surface area contributed by atoms with E-state index in [-0.39, 0.29) is 0 Å². The number of hydrogen-bond donors (Lipinski definition) is 0. The molecule has 1 fully saturated rings. The fraction of sp³-hybridized carbons (Fsp3) is 0.733. The van der Waals surface area contributed by atoms with E-state index in [0.29, 0.717) is 5.41 Å². The highest BCUT2D eigenvalue weighted by Gasteiger charge is 2.60. The Kier molecular flexibility index (Phi) is 1.80. The molecule has 0 aromatic heterocycles. The Morgan fingerprint density at radius 2 is 2.00 bits per heavy atom. The average molecular weight is 202 g/mol. The molecule has 82 valence electrons. The van der Waals surface area contributed by atoms with Crippen molar-refractivity contribution < 1.29 is 0 Å². The van der Waals surface area contributed by atoms with Crippen LogP contribution in [0.5, 0.6) is 0 Å². The first-order valence-corrected chi connectivity index (χ1v) is 6.43. The van der Waals surface area contributed by atoms with Crippen LogP contribution in [0.1, 0.15) is 47.0 Å². The molecule has 15 heavy (non-hydrogen) atoms. The van der Waals surface area contributed by atoms with Crippen LogP contribution in [-0.2, 0) is 0 Å². The van der Waals surface area contributed by atoms with Gasteiger partial charge >= 0.3 is 0 Å². The highest BCUT2D eigenvalue weighted by Crippen LogP contribution is 2.68. The summed E-state index contributed by atoms with van der Waals surface area (Å²) in [5.74, 6) is 2.72. The SMILES string of the molecule is CC1=CCC2=C1C1C(CCC2C)C1(C)C. The minimum atomic E-state index is 0.597. The Balaban J connectivity index is 2.05. The second-order valence-electron chi connectivity index (χ2n) is 6.41. The predicted octanol–water partition coefficient (Wildman–Crippen LogP) is 4.34. The third-order valence-corrected chi connectivity index (χ3v) is 5.27. The first-order chi connectivity index (χ1) is 7.03. The Hall–Kier alpha value is -0.520. The third-order valence-electron chi connectivity index (χ3n) is 5.27. The van der Waals surface area contributed by atoms with Crippen LogP contribution in [0, 0.1) is 23.2 Å². The lowest BCUT2D eigenvalue weighted by molar-refractivity contribution is 0.472. The van der Waals surface area contributed by atoms with Gasteiger partial charge in [-0.15, -0.1) is 0 Å². The minimum Gasteiger partial charge on any atom is -0.0772 e. The number of hydrogen-bond acceptors (Lipinski definition) is 0. The Morgan fingerprint density at radius 1 is 1.27 bits per heavy atom. The van der Waals surface area contributed by atoms with Crippen LogP contribution in [0.2, 0.25) is 0 Å². The van der Waals surface area contributed by atoms with E-state index in [1.165, 1.54) is 19.3 Å². The molecule has 0 aliphatic heterocycles. The van der Waals surface area contributed by atoms with E-state index in [4.69, 9.17) is 0 Å². The Labute approximate surface area is 93.5 Å². The normalized spacial score (nSPS) is 41.9. The lowest BCUT2D eigenvalue weighted by Crippen LogP contribution is -2.04. The second-order valence-corrected chi connectivity index (χ2v) is 6.41. The van der Waals surface area contributed by atoms with Gasteiger partial charge in [-0.2, -0.15) is 0 Å². The van der Waals surface area contributed by atoms with E-state index >= 15 is 0 Å². The maximum Gasteiger partial charge on any atom is -0.00718 e. The lowest BCUT2D eigenvalue weighted by Gasteiger charge is -2.17. The van der Waals surface area contributed by atoms with Crippen molar-refractivity contribution in [1.29, 1.82) is 0 Å². The van der Waals surface area contributed by atoms with Crippen LogP contribution < -0.4 is 0 Å².